The van der Waals surface area contributed by atoms with Crippen LogP contribution in [0.5, 0.6) is 23.0 Å². The molecule has 0 fully saturated rings. The summed E-state index contributed by atoms with van der Waals surface area (Å²) in [6.07, 6.45) is 2.04. The van der Waals surface area contributed by atoms with E-state index in [1.807, 2.05) is 62.4 Å². The molecule has 8 rings (SSSR count). The average molecular weight is 1120 g/mol. The number of hydrogen-bond donors (Lipinski definition) is 2. The summed E-state index contributed by atoms with van der Waals surface area (Å²) < 4.78 is 127. The third-order valence-corrected chi connectivity index (χ3v) is 14.6. The van der Waals surface area contributed by atoms with Crippen molar-refractivity contribution in [3.05, 3.63) is 160 Å². The van der Waals surface area contributed by atoms with Gasteiger partial charge in [-0.2, -0.15) is 17.6 Å². The van der Waals surface area contributed by atoms with Gasteiger partial charge in [-0.3, -0.25) is 9.59 Å². The molecule has 2 aliphatic rings. The highest BCUT2D eigenvalue weighted by Gasteiger charge is 2.34. The zero-order chi connectivity index (χ0) is 56.7. The highest BCUT2D eigenvalue weighted by molar-refractivity contribution is 7.88. The topological polar surface area (TPSA) is 207 Å². The number of amides is 1. The number of fused-ring (bicyclic) bond motifs is 6. The summed E-state index contributed by atoms with van der Waals surface area (Å²) in [6, 6.07) is 34.6. The van der Waals surface area contributed by atoms with Crippen LogP contribution in [0, 0.1) is 5.41 Å². The minimum absolute atomic E-state index is 0.0297. The van der Waals surface area contributed by atoms with Gasteiger partial charge >= 0.3 is 19.2 Å². The van der Waals surface area contributed by atoms with Gasteiger partial charge in [0.25, 0.3) is 0 Å². The minimum atomic E-state index is -3.81. The molecule has 15 nitrogen and oxygen atoms in total. The van der Waals surface area contributed by atoms with Gasteiger partial charge in [0, 0.05) is 38.0 Å². The van der Waals surface area contributed by atoms with E-state index in [2.05, 4.69) is 0 Å². The van der Waals surface area contributed by atoms with Gasteiger partial charge in [-0.25, -0.2) is 27.1 Å². The molecule has 2 aliphatic heterocycles. The number of alkyl halides is 4. The molecule has 4 N–H and O–H groups in total. The van der Waals surface area contributed by atoms with Crippen molar-refractivity contribution in [2.75, 3.05) is 39.2 Å². The maximum Gasteiger partial charge on any atom is 0.387 e. The number of primary sulfonamides is 2. The molecule has 1 amide bonds. The Kier molecular flexibility index (Phi) is 18.5. The standard InChI is InChI=1S/C31H35F2NO6S.C26H27F2N3O5S/c1-4-38-29(35)31(2,3)17-6-5-8-20-11-14-22(15-12-20)28-24-18-21(19-41(34,36)37)13-16-23(24)27-25(39-28)9-7-10-26(27)40-30(32)33;1-30(2)23(32)14-31(3)18-7-4-6-17(13-18)25-20-12-16(15-37(29,33)34)10-11-19(20)24-21(35-25)8-5-9-22(24)36-26(27)28/h7,9-16,18,28,30H,4-6,8,17,19H2,1-3H3,(H2,34,36,37);4-13,25-26H,14-15H2,1-3H3,(H2,29,33,34). The number of halogens is 4. The maximum absolute atomic E-state index is 13.2. The Balaban J connectivity index is 0.000000227. The van der Waals surface area contributed by atoms with Crippen LogP contribution >= 0.6 is 0 Å². The predicted molar refractivity (Wildman–Crippen MR) is 288 cm³/mol. The van der Waals surface area contributed by atoms with E-state index in [9.17, 15) is 44.0 Å². The summed E-state index contributed by atoms with van der Waals surface area (Å²) in [5.41, 5.74) is 6.89. The number of anilines is 1. The van der Waals surface area contributed by atoms with Crippen molar-refractivity contribution in [1.82, 2.24) is 4.90 Å². The van der Waals surface area contributed by atoms with E-state index >= 15 is 0 Å². The molecule has 2 unspecified atom stereocenters. The zero-order valence-electron chi connectivity index (χ0n) is 43.9. The summed E-state index contributed by atoms with van der Waals surface area (Å²) in [7, 11) is -2.45. The van der Waals surface area contributed by atoms with Crippen molar-refractivity contribution in [2.45, 2.75) is 83.4 Å². The molecule has 0 bridgehead atoms. The van der Waals surface area contributed by atoms with E-state index in [4.69, 9.17) is 34.0 Å². The normalized spacial score (nSPS) is 14.5. The summed E-state index contributed by atoms with van der Waals surface area (Å²) in [5, 5.41) is 10.5. The van der Waals surface area contributed by atoms with Gasteiger partial charge < -0.3 is 33.5 Å². The summed E-state index contributed by atoms with van der Waals surface area (Å²) in [5.74, 6) is -0.380. The Morgan fingerprint density at radius 1 is 0.641 bits per heavy atom. The SMILES string of the molecule is CCOC(=O)C(C)(C)CCCCc1ccc(C2Oc3cccc(OC(F)F)c3-c3ccc(CS(N)(=O)=O)cc32)cc1.CN(C)C(=O)CN(C)c1cccc(C2Oc3cccc(OC(F)F)c3-c3ccc(CS(N)(=O)=O)cc32)c1. The van der Waals surface area contributed by atoms with Crippen molar-refractivity contribution in [3.8, 4) is 45.3 Å². The van der Waals surface area contributed by atoms with Gasteiger partial charge in [-0.1, -0.05) is 91.3 Å². The molecule has 0 saturated carbocycles. The third-order valence-electron chi connectivity index (χ3n) is 13.1. The first-order chi connectivity index (χ1) is 36.8. The number of carbonyl (C=O) groups excluding carboxylic acids is 2. The average Bonchev–Trinajstić information content (AvgIpc) is 3.55. The molecule has 416 valence electrons. The number of ether oxygens (including phenoxy) is 5. The van der Waals surface area contributed by atoms with Gasteiger partial charge in [0.05, 0.1) is 41.2 Å². The fourth-order valence-corrected chi connectivity index (χ4v) is 10.6. The van der Waals surface area contributed by atoms with Crippen molar-refractivity contribution in [1.29, 1.82) is 0 Å². The lowest BCUT2D eigenvalue weighted by Gasteiger charge is -2.31. The largest absolute Gasteiger partial charge is 0.480 e. The van der Waals surface area contributed by atoms with Crippen molar-refractivity contribution >= 4 is 37.6 Å². The van der Waals surface area contributed by atoms with E-state index in [1.54, 1.807) is 93.6 Å². The number of likely N-dealkylation sites (N-methyl/N-ethyl adjacent to an activating group) is 2. The fourth-order valence-electron chi connectivity index (χ4n) is 9.32. The number of sulfonamides is 2. The second-order valence-corrected chi connectivity index (χ2v) is 23.0. The summed E-state index contributed by atoms with van der Waals surface area (Å²) in [4.78, 5) is 27.6. The number of rotatable bonds is 20. The molecule has 0 radical (unpaired) electrons. The molecule has 78 heavy (non-hydrogen) atoms. The second kappa shape index (κ2) is 24.6. The Morgan fingerprint density at radius 3 is 1.60 bits per heavy atom. The lowest BCUT2D eigenvalue weighted by molar-refractivity contribution is -0.153. The number of aryl methyl sites for hydroxylation is 1. The Morgan fingerprint density at radius 2 is 1.13 bits per heavy atom. The third kappa shape index (κ3) is 14.9. The monoisotopic (exact) mass is 1120 g/mol. The van der Waals surface area contributed by atoms with Gasteiger partial charge in [0.1, 0.15) is 35.2 Å². The molecule has 0 spiro atoms. The molecule has 6 aromatic carbocycles. The smallest absolute Gasteiger partial charge is 0.387 e. The minimum Gasteiger partial charge on any atom is -0.480 e. The van der Waals surface area contributed by atoms with Crippen LogP contribution in [0.15, 0.2) is 121 Å². The lowest BCUT2D eigenvalue weighted by atomic mass is 9.86. The highest BCUT2D eigenvalue weighted by Crippen LogP contribution is 2.51. The van der Waals surface area contributed by atoms with Gasteiger partial charge in [0.15, 0.2) is 0 Å². The highest BCUT2D eigenvalue weighted by atomic mass is 32.2. The Labute approximate surface area is 452 Å². The summed E-state index contributed by atoms with van der Waals surface area (Å²) in [6.45, 7) is 0.0744. The molecule has 0 saturated heterocycles. The number of carbonyl (C=O) groups is 2. The zero-order valence-corrected chi connectivity index (χ0v) is 45.5. The maximum atomic E-state index is 13.2. The van der Waals surface area contributed by atoms with Crippen LogP contribution in [0.3, 0.4) is 0 Å². The van der Waals surface area contributed by atoms with Crippen LogP contribution in [-0.2, 0) is 52.3 Å². The van der Waals surface area contributed by atoms with Crippen LogP contribution in [0.2, 0.25) is 0 Å². The number of hydrogen-bond acceptors (Lipinski definition) is 12. The Bertz CT molecular complexity index is 3360. The molecule has 6 aromatic rings. The van der Waals surface area contributed by atoms with Crippen LogP contribution in [0.25, 0.3) is 22.3 Å². The molecule has 2 atom stereocenters. The molecule has 0 aliphatic carbocycles. The number of esters is 1. The van der Waals surface area contributed by atoms with Gasteiger partial charge in [-0.15, -0.1) is 0 Å². The first-order valence-electron chi connectivity index (χ1n) is 24.8. The van der Waals surface area contributed by atoms with Crippen LogP contribution in [-0.4, -0.2) is 81.1 Å². The number of unbranched alkanes of at least 4 members (excludes halogenated alkanes) is 1. The van der Waals surface area contributed by atoms with E-state index in [1.165, 1.54) is 17.0 Å². The van der Waals surface area contributed by atoms with E-state index < -0.39 is 56.6 Å². The molecular weight excluding hydrogens is 1060 g/mol. The quantitative estimate of drug-likeness (QED) is 0.0416. The fraction of sp³-hybridized carbons (Fsp3) is 0.333. The van der Waals surface area contributed by atoms with Gasteiger partial charge in [0.2, 0.25) is 26.0 Å². The second-order valence-electron chi connectivity index (χ2n) is 19.8. The number of nitrogens with zero attached hydrogens (tertiary/aromatic N) is 2. The van der Waals surface area contributed by atoms with Crippen molar-refractivity contribution in [3.63, 3.8) is 0 Å². The molecule has 2 heterocycles. The first kappa shape index (κ1) is 58.5. The van der Waals surface area contributed by atoms with E-state index in [0.29, 0.717) is 62.6 Å². The molecular formula is C57H62F4N4O11S2. The Hall–Kier alpha value is -7.20. The van der Waals surface area contributed by atoms with Crippen molar-refractivity contribution < 1.29 is 67.7 Å². The first-order valence-corrected chi connectivity index (χ1v) is 28.3. The van der Waals surface area contributed by atoms with Crippen molar-refractivity contribution in [2.24, 2.45) is 15.7 Å². The van der Waals surface area contributed by atoms with Crippen LogP contribution < -0.4 is 34.1 Å². The summed E-state index contributed by atoms with van der Waals surface area (Å²) >= 11 is 0. The number of benzene rings is 6. The van der Waals surface area contributed by atoms with Gasteiger partial charge in [-0.05, 0) is 115 Å². The van der Waals surface area contributed by atoms with E-state index in [-0.39, 0.29) is 35.7 Å². The van der Waals surface area contributed by atoms with E-state index in [0.717, 1.165) is 48.1 Å². The number of nitrogens with two attached hydrogens (primary N) is 2. The lowest BCUT2D eigenvalue weighted by Crippen LogP contribution is -2.34. The predicted octanol–water partition coefficient (Wildman–Crippen LogP) is 10.3. The van der Waals surface area contributed by atoms with Crippen LogP contribution in [0.4, 0.5) is 23.2 Å². The molecule has 0 aromatic heterocycles. The molecule has 21 heteroatoms. The van der Waals surface area contributed by atoms with Crippen LogP contribution in [0.1, 0.15) is 91.2 Å².